The number of rotatable bonds is 10. The van der Waals surface area contributed by atoms with E-state index in [0.29, 0.717) is 53.6 Å². The van der Waals surface area contributed by atoms with E-state index in [1.165, 1.54) is 0 Å². The highest BCUT2D eigenvalue weighted by atomic mass is 35.5. The summed E-state index contributed by atoms with van der Waals surface area (Å²) in [5, 5.41) is 13.3. The maximum Gasteiger partial charge on any atom is 0.232 e. The normalized spacial score (nSPS) is 10.5. The molecule has 0 aliphatic heterocycles. The molecule has 0 saturated heterocycles. The van der Waals surface area contributed by atoms with Gasteiger partial charge in [0.1, 0.15) is 18.4 Å². The minimum absolute atomic E-state index is 0.204. The second-order valence-electron chi connectivity index (χ2n) is 7.61. The van der Waals surface area contributed by atoms with E-state index in [4.69, 9.17) is 30.2 Å². The fourth-order valence-electron chi connectivity index (χ4n) is 3.44. The summed E-state index contributed by atoms with van der Waals surface area (Å²) in [6, 6.07) is 22.7. The van der Waals surface area contributed by atoms with Crippen LogP contribution in [0.4, 0.5) is 5.88 Å². The second kappa shape index (κ2) is 11.3. The predicted octanol–water partition coefficient (Wildman–Crippen LogP) is 6.12. The van der Waals surface area contributed by atoms with Crippen molar-refractivity contribution in [1.29, 1.82) is 5.26 Å². The van der Waals surface area contributed by atoms with Crippen LogP contribution in [0.15, 0.2) is 71.1 Å². The third kappa shape index (κ3) is 6.05. The first-order valence-electron chi connectivity index (χ1n) is 10.9. The van der Waals surface area contributed by atoms with Crippen LogP contribution in [0.2, 0.25) is 5.02 Å². The minimum Gasteiger partial charge on any atom is -0.493 e. The summed E-state index contributed by atoms with van der Waals surface area (Å²) >= 11 is 5.92. The molecule has 0 saturated carbocycles. The average molecular weight is 490 g/mol. The summed E-state index contributed by atoms with van der Waals surface area (Å²) in [5.74, 6) is 2.76. The van der Waals surface area contributed by atoms with Crippen molar-refractivity contribution in [3.63, 3.8) is 0 Å². The van der Waals surface area contributed by atoms with Crippen LogP contribution in [0.5, 0.6) is 17.2 Å². The maximum atomic E-state index is 9.49. The van der Waals surface area contributed by atoms with Crippen LogP contribution in [0, 0.1) is 11.3 Å². The van der Waals surface area contributed by atoms with Crippen molar-refractivity contribution in [3.05, 3.63) is 88.6 Å². The Morgan fingerprint density at radius 2 is 1.66 bits per heavy atom. The number of hydrogen-bond donors (Lipinski definition) is 1. The SMILES string of the molecule is COc1ccc(CCNc2oc(-c3ccc(OCc4ccc(Cl)cc4)cc3)nc2C#N)cc1OC. The molecular weight excluding hydrogens is 466 g/mol. The van der Waals surface area contributed by atoms with Crippen LogP contribution in [0.3, 0.4) is 0 Å². The smallest absolute Gasteiger partial charge is 0.232 e. The lowest BCUT2D eigenvalue weighted by atomic mass is 10.1. The molecule has 7 nitrogen and oxygen atoms in total. The molecule has 0 bridgehead atoms. The van der Waals surface area contributed by atoms with Gasteiger partial charge in [0.05, 0.1) is 14.2 Å². The molecule has 0 atom stereocenters. The Bertz CT molecular complexity index is 1310. The number of hydrogen-bond acceptors (Lipinski definition) is 7. The summed E-state index contributed by atoms with van der Waals surface area (Å²) in [6.45, 7) is 0.985. The van der Waals surface area contributed by atoms with Crippen molar-refractivity contribution in [3.8, 4) is 34.8 Å². The van der Waals surface area contributed by atoms with E-state index in [0.717, 1.165) is 16.7 Å². The van der Waals surface area contributed by atoms with Gasteiger partial charge in [0.15, 0.2) is 11.5 Å². The molecule has 0 spiro atoms. The average Bonchev–Trinajstić information content (AvgIpc) is 3.31. The standard InChI is InChI=1S/C27H24ClN3O4/c1-32-24-12-5-18(15-25(24)33-2)13-14-30-27-23(16-29)31-26(35-27)20-6-10-22(11-7-20)34-17-19-3-8-21(28)9-4-19/h3-12,15,30H,13-14,17H2,1-2H3. The zero-order valence-electron chi connectivity index (χ0n) is 19.4. The lowest BCUT2D eigenvalue weighted by Crippen LogP contribution is -2.05. The molecule has 35 heavy (non-hydrogen) atoms. The first-order chi connectivity index (χ1) is 17.1. The number of benzene rings is 3. The molecular formula is C27H24ClN3O4. The lowest BCUT2D eigenvalue weighted by Gasteiger charge is -2.09. The van der Waals surface area contributed by atoms with E-state index in [-0.39, 0.29) is 5.69 Å². The van der Waals surface area contributed by atoms with Gasteiger partial charge in [0, 0.05) is 17.1 Å². The van der Waals surface area contributed by atoms with E-state index >= 15 is 0 Å². The number of nitrogens with one attached hydrogen (secondary N) is 1. The van der Waals surface area contributed by atoms with E-state index in [9.17, 15) is 5.26 Å². The Labute approximate surface area is 208 Å². The monoisotopic (exact) mass is 489 g/mol. The highest BCUT2D eigenvalue weighted by Gasteiger charge is 2.15. The largest absolute Gasteiger partial charge is 0.493 e. The summed E-state index contributed by atoms with van der Waals surface area (Å²) in [5.41, 5.74) is 3.03. The number of halogens is 1. The summed E-state index contributed by atoms with van der Waals surface area (Å²) in [4.78, 5) is 4.33. The third-order valence-corrected chi connectivity index (χ3v) is 5.55. The predicted molar refractivity (Wildman–Crippen MR) is 134 cm³/mol. The Hall–Kier alpha value is -4.15. The van der Waals surface area contributed by atoms with Gasteiger partial charge in [-0.2, -0.15) is 10.2 Å². The van der Waals surface area contributed by atoms with Gasteiger partial charge >= 0.3 is 0 Å². The van der Waals surface area contributed by atoms with Crippen LogP contribution in [-0.2, 0) is 13.0 Å². The van der Waals surface area contributed by atoms with Crippen molar-refractivity contribution >= 4 is 17.5 Å². The van der Waals surface area contributed by atoms with Crippen LogP contribution >= 0.6 is 11.6 Å². The number of nitriles is 1. The molecule has 3 aromatic carbocycles. The zero-order chi connectivity index (χ0) is 24.6. The van der Waals surface area contributed by atoms with E-state index in [2.05, 4.69) is 16.4 Å². The van der Waals surface area contributed by atoms with Crippen LogP contribution in [0.25, 0.3) is 11.5 Å². The molecule has 0 aliphatic carbocycles. The number of aromatic nitrogens is 1. The molecule has 0 unspecified atom stereocenters. The van der Waals surface area contributed by atoms with Crippen molar-refractivity contribution in [2.24, 2.45) is 0 Å². The Kier molecular flexibility index (Phi) is 7.76. The molecule has 0 radical (unpaired) electrons. The molecule has 1 heterocycles. The van der Waals surface area contributed by atoms with Crippen LogP contribution in [-0.4, -0.2) is 25.7 Å². The van der Waals surface area contributed by atoms with Gasteiger partial charge in [-0.25, -0.2) is 0 Å². The van der Waals surface area contributed by atoms with Gasteiger partial charge in [0.2, 0.25) is 17.5 Å². The van der Waals surface area contributed by atoms with Gasteiger partial charge in [-0.05, 0) is 66.1 Å². The van der Waals surface area contributed by atoms with Crippen LogP contribution < -0.4 is 19.5 Å². The number of oxazole rings is 1. The van der Waals surface area contributed by atoms with Gasteiger partial charge in [-0.15, -0.1) is 0 Å². The van der Waals surface area contributed by atoms with Gasteiger partial charge in [-0.3, -0.25) is 0 Å². The number of nitrogens with zero attached hydrogens (tertiary/aromatic N) is 2. The van der Waals surface area contributed by atoms with Crippen molar-refractivity contribution in [1.82, 2.24) is 4.98 Å². The molecule has 0 aliphatic rings. The Balaban J connectivity index is 1.37. The zero-order valence-corrected chi connectivity index (χ0v) is 20.1. The van der Waals surface area contributed by atoms with Gasteiger partial charge in [-0.1, -0.05) is 29.8 Å². The fraction of sp³-hybridized carbons (Fsp3) is 0.185. The molecule has 0 amide bonds. The number of methoxy groups -OCH3 is 2. The lowest BCUT2D eigenvalue weighted by molar-refractivity contribution is 0.306. The fourth-order valence-corrected chi connectivity index (χ4v) is 3.56. The van der Waals surface area contributed by atoms with Crippen molar-refractivity contribution in [2.45, 2.75) is 13.0 Å². The van der Waals surface area contributed by atoms with Crippen molar-refractivity contribution in [2.75, 3.05) is 26.1 Å². The highest BCUT2D eigenvalue weighted by Crippen LogP contribution is 2.29. The third-order valence-electron chi connectivity index (χ3n) is 5.30. The Morgan fingerprint density at radius 3 is 2.34 bits per heavy atom. The van der Waals surface area contributed by atoms with E-state index < -0.39 is 0 Å². The van der Waals surface area contributed by atoms with Crippen molar-refractivity contribution < 1.29 is 18.6 Å². The Morgan fingerprint density at radius 1 is 0.943 bits per heavy atom. The minimum atomic E-state index is 0.204. The first-order valence-corrected chi connectivity index (χ1v) is 11.3. The topological polar surface area (TPSA) is 89.5 Å². The summed E-state index contributed by atoms with van der Waals surface area (Å²) in [7, 11) is 3.21. The number of ether oxygens (including phenoxy) is 3. The molecule has 4 rings (SSSR count). The molecule has 4 aromatic rings. The quantitative estimate of drug-likeness (QED) is 0.287. The first kappa shape index (κ1) is 24.0. The van der Waals surface area contributed by atoms with Crippen LogP contribution in [0.1, 0.15) is 16.8 Å². The summed E-state index contributed by atoms with van der Waals surface area (Å²) < 4.78 is 22.3. The van der Waals surface area contributed by atoms with E-state index in [1.807, 2.05) is 66.7 Å². The molecule has 8 heteroatoms. The molecule has 1 aromatic heterocycles. The second-order valence-corrected chi connectivity index (χ2v) is 8.05. The molecule has 178 valence electrons. The maximum absolute atomic E-state index is 9.49. The van der Waals surface area contributed by atoms with Gasteiger partial charge in [0.25, 0.3) is 0 Å². The molecule has 0 fully saturated rings. The van der Waals surface area contributed by atoms with E-state index in [1.54, 1.807) is 14.2 Å². The summed E-state index contributed by atoms with van der Waals surface area (Å²) in [6.07, 6.45) is 0.695. The number of anilines is 1. The highest BCUT2D eigenvalue weighted by molar-refractivity contribution is 6.30. The molecule has 1 N–H and O–H groups in total. The van der Waals surface area contributed by atoms with Gasteiger partial charge < -0.3 is 23.9 Å².